The maximum Gasteiger partial charge on any atom is 0.161 e. The molecule has 3 N–H and O–H groups in total. The van der Waals surface area contributed by atoms with E-state index in [0.717, 1.165) is 11.6 Å². The largest absolute Gasteiger partial charge is 0.398 e. The normalized spacial score (nSPS) is 22.5. The van der Waals surface area contributed by atoms with Crippen molar-refractivity contribution in [1.29, 1.82) is 0 Å². The number of nitrogens with two attached hydrogens (primary N) is 1. The molecule has 1 aromatic carbocycles. The van der Waals surface area contributed by atoms with E-state index in [2.05, 4.69) is 12.2 Å². The van der Waals surface area contributed by atoms with Crippen LogP contribution in [0.2, 0.25) is 0 Å². The maximum absolute atomic E-state index is 11.5. The lowest BCUT2D eigenvalue weighted by Gasteiger charge is -2.29. The summed E-state index contributed by atoms with van der Waals surface area (Å²) < 4.78 is 0. The van der Waals surface area contributed by atoms with Gasteiger partial charge in [-0.1, -0.05) is 19.8 Å². The van der Waals surface area contributed by atoms with Gasteiger partial charge in [0, 0.05) is 23.0 Å². The third-order valence-corrected chi connectivity index (χ3v) is 4.35. The molecule has 110 valence electrons. The van der Waals surface area contributed by atoms with Gasteiger partial charge in [0.2, 0.25) is 0 Å². The number of carbonyl (C=O) groups excluding carboxylic acids is 1. The van der Waals surface area contributed by atoms with Crippen LogP contribution >= 0.6 is 0 Å². The zero-order valence-corrected chi connectivity index (χ0v) is 12.6. The molecule has 1 aromatic rings. The van der Waals surface area contributed by atoms with E-state index in [-0.39, 0.29) is 5.78 Å². The van der Waals surface area contributed by atoms with E-state index in [1.807, 2.05) is 18.2 Å². The lowest BCUT2D eigenvalue weighted by atomic mass is 9.83. The van der Waals surface area contributed by atoms with Gasteiger partial charge in [-0.2, -0.15) is 0 Å². The van der Waals surface area contributed by atoms with Gasteiger partial charge in [-0.25, -0.2) is 0 Å². The van der Waals surface area contributed by atoms with Crippen LogP contribution in [0.4, 0.5) is 11.4 Å². The van der Waals surface area contributed by atoms with Crippen LogP contribution < -0.4 is 11.1 Å². The first-order valence-corrected chi connectivity index (χ1v) is 7.77. The summed E-state index contributed by atoms with van der Waals surface area (Å²) in [5.74, 6) is 0.940. The second-order valence-corrected chi connectivity index (χ2v) is 6.01. The van der Waals surface area contributed by atoms with Crippen molar-refractivity contribution in [2.75, 3.05) is 11.1 Å². The zero-order chi connectivity index (χ0) is 14.5. The van der Waals surface area contributed by atoms with Crippen LogP contribution in [0.3, 0.4) is 0 Å². The molecule has 3 heteroatoms. The van der Waals surface area contributed by atoms with E-state index in [4.69, 9.17) is 5.73 Å². The number of nitrogen functional groups attached to an aromatic ring is 1. The fraction of sp³-hybridized carbons (Fsp3) is 0.588. The van der Waals surface area contributed by atoms with Crippen molar-refractivity contribution >= 4 is 17.2 Å². The molecule has 1 saturated carbocycles. The summed E-state index contributed by atoms with van der Waals surface area (Å²) in [6, 6.07) is 6.21. The molecule has 0 saturated heterocycles. The summed E-state index contributed by atoms with van der Waals surface area (Å²) in [6.45, 7) is 3.83. The van der Waals surface area contributed by atoms with Crippen LogP contribution in [-0.2, 0) is 0 Å². The van der Waals surface area contributed by atoms with Gasteiger partial charge in [-0.15, -0.1) is 0 Å². The topological polar surface area (TPSA) is 55.1 Å². The summed E-state index contributed by atoms with van der Waals surface area (Å²) in [4.78, 5) is 11.5. The molecule has 2 rings (SSSR count). The predicted molar refractivity (Wildman–Crippen MR) is 85.1 cm³/mol. The number of hydrogen-bond donors (Lipinski definition) is 2. The van der Waals surface area contributed by atoms with E-state index in [9.17, 15) is 4.79 Å². The first kappa shape index (κ1) is 14.9. The highest BCUT2D eigenvalue weighted by Crippen LogP contribution is 2.30. The van der Waals surface area contributed by atoms with Crippen LogP contribution in [0.1, 0.15) is 62.7 Å². The van der Waals surface area contributed by atoms with Crippen LogP contribution in [0.15, 0.2) is 18.2 Å². The molecule has 3 nitrogen and oxygen atoms in total. The van der Waals surface area contributed by atoms with E-state index < -0.39 is 0 Å². The summed E-state index contributed by atoms with van der Waals surface area (Å²) in [5.41, 5.74) is 8.03. The van der Waals surface area contributed by atoms with Gasteiger partial charge in [0.25, 0.3) is 0 Å². The molecule has 0 radical (unpaired) electrons. The first-order valence-electron chi connectivity index (χ1n) is 7.77. The van der Waals surface area contributed by atoms with Gasteiger partial charge in [-0.05, 0) is 56.7 Å². The minimum Gasteiger partial charge on any atom is -0.398 e. The molecule has 0 amide bonds. The third-order valence-electron chi connectivity index (χ3n) is 4.35. The molecule has 0 heterocycles. The standard InChI is InChI=1S/C17H26N2O/c1-3-4-13-5-7-14(8-6-13)19-15-9-10-17(18)16(11-15)12(2)20/h9-11,13-14,19H,3-8,18H2,1-2H3. The van der Waals surface area contributed by atoms with Crippen molar-refractivity contribution < 1.29 is 4.79 Å². The molecule has 1 aliphatic carbocycles. The van der Waals surface area contributed by atoms with E-state index in [1.165, 1.54) is 38.5 Å². The lowest BCUT2D eigenvalue weighted by molar-refractivity contribution is 0.101. The Labute approximate surface area is 121 Å². The summed E-state index contributed by atoms with van der Waals surface area (Å²) >= 11 is 0. The number of hydrogen-bond acceptors (Lipinski definition) is 3. The molecule has 0 spiro atoms. The number of ketones is 1. The van der Waals surface area contributed by atoms with Crippen molar-refractivity contribution in [1.82, 2.24) is 0 Å². The second-order valence-electron chi connectivity index (χ2n) is 6.01. The predicted octanol–water partition coefficient (Wildman–Crippen LogP) is 4.24. The van der Waals surface area contributed by atoms with Crippen molar-refractivity contribution in [3.63, 3.8) is 0 Å². The van der Waals surface area contributed by atoms with Gasteiger partial charge in [-0.3, -0.25) is 4.79 Å². The smallest absolute Gasteiger partial charge is 0.161 e. The molecule has 20 heavy (non-hydrogen) atoms. The fourth-order valence-electron chi connectivity index (χ4n) is 3.19. The Bertz CT molecular complexity index is 462. The fourth-order valence-corrected chi connectivity index (χ4v) is 3.19. The first-order chi connectivity index (χ1) is 9.60. The van der Waals surface area contributed by atoms with Gasteiger partial charge in [0.15, 0.2) is 5.78 Å². The highest BCUT2D eigenvalue weighted by Gasteiger charge is 2.20. The molecule has 0 atom stereocenters. The lowest BCUT2D eigenvalue weighted by Crippen LogP contribution is -2.26. The average Bonchev–Trinajstić information content (AvgIpc) is 2.43. The Morgan fingerprint density at radius 3 is 2.60 bits per heavy atom. The van der Waals surface area contributed by atoms with Crippen molar-refractivity contribution in [2.45, 2.75) is 58.4 Å². The van der Waals surface area contributed by atoms with Crippen molar-refractivity contribution in [3.05, 3.63) is 23.8 Å². The molecule has 1 fully saturated rings. The van der Waals surface area contributed by atoms with E-state index in [1.54, 1.807) is 6.92 Å². The maximum atomic E-state index is 11.5. The minimum absolute atomic E-state index is 0.0257. The summed E-state index contributed by atoms with van der Waals surface area (Å²) in [5, 5.41) is 3.56. The summed E-state index contributed by atoms with van der Waals surface area (Å²) in [6.07, 6.45) is 7.75. The van der Waals surface area contributed by atoms with Crippen molar-refractivity contribution in [3.8, 4) is 0 Å². The number of rotatable bonds is 5. The van der Waals surface area contributed by atoms with E-state index in [0.29, 0.717) is 17.3 Å². The van der Waals surface area contributed by atoms with Gasteiger partial charge in [0.05, 0.1) is 0 Å². The Morgan fingerprint density at radius 1 is 1.30 bits per heavy atom. The van der Waals surface area contributed by atoms with Crippen molar-refractivity contribution in [2.24, 2.45) is 5.92 Å². The molecule has 0 bridgehead atoms. The number of anilines is 2. The molecule has 1 aliphatic rings. The third kappa shape index (κ3) is 3.75. The monoisotopic (exact) mass is 274 g/mol. The van der Waals surface area contributed by atoms with Crippen LogP contribution in [0.25, 0.3) is 0 Å². The number of benzene rings is 1. The second kappa shape index (κ2) is 6.78. The summed E-state index contributed by atoms with van der Waals surface area (Å²) in [7, 11) is 0. The highest BCUT2D eigenvalue weighted by molar-refractivity contribution is 6.00. The van der Waals surface area contributed by atoms with Gasteiger partial charge < -0.3 is 11.1 Å². The molecular formula is C17H26N2O. The van der Waals surface area contributed by atoms with Crippen LogP contribution in [0, 0.1) is 5.92 Å². The zero-order valence-electron chi connectivity index (χ0n) is 12.6. The van der Waals surface area contributed by atoms with Crippen LogP contribution in [-0.4, -0.2) is 11.8 Å². The number of carbonyl (C=O) groups is 1. The average molecular weight is 274 g/mol. The van der Waals surface area contributed by atoms with Gasteiger partial charge in [0.1, 0.15) is 0 Å². The number of Topliss-reactive ketones (excluding diaryl/α,β-unsaturated/α-hetero) is 1. The van der Waals surface area contributed by atoms with E-state index >= 15 is 0 Å². The highest BCUT2D eigenvalue weighted by atomic mass is 16.1. The Balaban J connectivity index is 1.94. The molecule has 0 aliphatic heterocycles. The Kier molecular flexibility index (Phi) is 5.05. The minimum atomic E-state index is 0.0257. The molecule has 0 unspecified atom stereocenters. The van der Waals surface area contributed by atoms with Gasteiger partial charge >= 0.3 is 0 Å². The number of nitrogens with one attached hydrogen (secondary N) is 1. The Hall–Kier alpha value is -1.51. The molecular weight excluding hydrogens is 248 g/mol. The quantitative estimate of drug-likeness (QED) is 0.623. The SMILES string of the molecule is CCCC1CCC(Nc2ccc(N)c(C(C)=O)c2)CC1. The Morgan fingerprint density at radius 2 is 2.00 bits per heavy atom. The van der Waals surface area contributed by atoms with Crippen LogP contribution in [0.5, 0.6) is 0 Å². The molecule has 0 aromatic heterocycles.